The van der Waals surface area contributed by atoms with Crippen molar-refractivity contribution in [3.05, 3.63) is 95.1 Å². The first-order valence-corrected chi connectivity index (χ1v) is 10.5. The van der Waals surface area contributed by atoms with E-state index in [0.717, 1.165) is 39.0 Å². The first kappa shape index (κ1) is 19.5. The molecule has 0 spiro atoms. The van der Waals surface area contributed by atoms with Crippen LogP contribution in [0.3, 0.4) is 0 Å². The highest BCUT2D eigenvalue weighted by Crippen LogP contribution is 2.37. The summed E-state index contributed by atoms with van der Waals surface area (Å²) in [4.78, 5) is 14.6. The Kier molecular flexibility index (Phi) is 5.00. The summed E-state index contributed by atoms with van der Waals surface area (Å²) in [7, 11) is 1.82. The lowest BCUT2D eigenvalue weighted by atomic mass is 10.0. The lowest BCUT2D eigenvalue weighted by Crippen LogP contribution is -2.20. The SMILES string of the molecule is CN1C(=O)/C(=C/c2cn(CCOc3ccc(Cl)cc3)c3ccccc23)c2ccccc21. The fraction of sp³-hybridized carbons (Fsp3) is 0.115. The van der Waals surface area contributed by atoms with E-state index in [1.807, 2.05) is 73.8 Å². The number of ether oxygens (including phenoxy) is 1. The van der Waals surface area contributed by atoms with Gasteiger partial charge < -0.3 is 14.2 Å². The zero-order valence-corrected chi connectivity index (χ0v) is 17.8. The van der Waals surface area contributed by atoms with Gasteiger partial charge in [0, 0.05) is 45.9 Å². The van der Waals surface area contributed by atoms with Gasteiger partial charge in [0.15, 0.2) is 0 Å². The molecule has 1 aliphatic heterocycles. The number of likely N-dealkylation sites (N-methyl/N-ethyl adjacent to an activating group) is 1. The lowest BCUT2D eigenvalue weighted by molar-refractivity contribution is -0.112. The Labute approximate surface area is 185 Å². The van der Waals surface area contributed by atoms with Crippen molar-refractivity contribution in [3.63, 3.8) is 0 Å². The van der Waals surface area contributed by atoms with Gasteiger partial charge >= 0.3 is 0 Å². The van der Waals surface area contributed by atoms with Crippen LogP contribution in [0.15, 0.2) is 79.0 Å². The number of aromatic nitrogens is 1. The summed E-state index contributed by atoms with van der Waals surface area (Å²) in [5, 5.41) is 1.80. The number of rotatable bonds is 5. The number of halogens is 1. The Morgan fingerprint density at radius 1 is 0.968 bits per heavy atom. The molecule has 1 aromatic heterocycles. The molecule has 0 saturated heterocycles. The molecule has 0 bridgehead atoms. The molecule has 0 atom stereocenters. The van der Waals surface area contributed by atoms with Crippen LogP contribution >= 0.6 is 11.6 Å². The number of benzene rings is 3. The Morgan fingerprint density at radius 2 is 1.71 bits per heavy atom. The smallest absolute Gasteiger partial charge is 0.258 e. The number of para-hydroxylation sites is 2. The van der Waals surface area contributed by atoms with Crippen molar-refractivity contribution in [1.82, 2.24) is 4.57 Å². The van der Waals surface area contributed by atoms with Crippen molar-refractivity contribution in [3.8, 4) is 5.75 Å². The fourth-order valence-electron chi connectivity index (χ4n) is 4.06. The summed E-state index contributed by atoms with van der Waals surface area (Å²) in [6.45, 7) is 1.22. The van der Waals surface area contributed by atoms with E-state index in [9.17, 15) is 4.79 Å². The molecule has 31 heavy (non-hydrogen) atoms. The number of hydrogen-bond acceptors (Lipinski definition) is 2. The molecule has 0 aliphatic carbocycles. The molecular weight excluding hydrogens is 408 g/mol. The fourth-order valence-corrected chi connectivity index (χ4v) is 4.19. The van der Waals surface area contributed by atoms with Crippen LogP contribution in [-0.2, 0) is 11.3 Å². The second-order valence-corrected chi connectivity index (χ2v) is 7.97. The van der Waals surface area contributed by atoms with Gasteiger partial charge in [-0.3, -0.25) is 4.79 Å². The minimum atomic E-state index is 0.0177. The number of amides is 1. The van der Waals surface area contributed by atoms with E-state index in [4.69, 9.17) is 16.3 Å². The largest absolute Gasteiger partial charge is 0.492 e. The summed E-state index contributed by atoms with van der Waals surface area (Å²) in [5.74, 6) is 0.809. The number of hydrogen-bond donors (Lipinski definition) is 0. The van der Waals surface area contributed by atoms with Crippen LogP contribution in [0.2, 0.25) is 5.02 Å². The van der Waals surface area contributed by atoms with Crippen molar-refractivity contribution >= 4 is 45.7 Å². The van der Waals surface area contributed by atoms with Gasteiger partial charge in [-0.2, -0.15) is 0 Å². The molecule has 4 nitrogen and oxygen atoms in total. The van der Waals surface area contributed by atoms with Crippen molar-refractivity contribution in [2.24, 2.45) is 0 Å². The predicted molar refractivity (Wildman–Crippen MR) is 127 cm³/mol. The molecule has 5 rings (SSSR count). The zero-order chi connectivity index (χ0) is 21.4. The molecule has 1 amide bonds. The molecule has 0 radical (unpaired) electrons. The number of carbonyl (C=O) groups is 1. The third-order valence-corrected chi connectivity index (χ3v) is 5.88. The summed E-state index contributed by atoms with van der Waals surface area (Å²) in [5.41, 5.74) is 4.77. The number of fused-ring (bicyclic) bond motifs is 2. The Bertz CT molecular complexity index is 1300. The Balaban J connectivity index is 1.46. The Hall–Kier alpha value is -3.50. The molecule has 154 valence electrons. The second kappa shape index (κ2) is 7.97. The summed E-state index contributed by atoms with van der Waals surface area (Å²) >= 11 is 5.94. The van der Waals surface area contributed by atoms with Crippen LogP contribution in [0.4, 0.5) is 5.69 Å². The maximum absolute atomic E-state index is 12.9. The molecule has 1 aliphatic rings. The highest BCUT2D eigenvalue weighted by atomic mass is 35.5. The number of nitrogens with zero attached hydrogens (tertiary/aromatic N) is 2. The standard InChI is InChI=1S/C26H21ClN2O2/c1-28-24-8-4-3-7-22(24)23(26(28)30)16-18-17-29(25-9-5-2-6-21(18)25)14-15-31-20-12-10-19(27)11-13-20/h2-13,16-17H,14-15H2,1H3/b23-16+. The third kappa shape index (κ3) is 3.60. The van der Waals surface area contributed by atoms with Crippen molar-refractivity contribution in [2.45, 2.75) is 6.54 Å². The zero-order valence-electron chi connectivity index (χ0n) is 17.1. The molecule has 0 fully saturated rings. The number of anilines is 1. The quantitative estimate of drug-likeness (QED) is 0.371. The van der Waals surface area contributed by atoms with E-state index >= 15 is 0 Å². The van der Waals surface area contributed by atoms with E-state index in [0.29, 0.717) is 18.2 Å². The Morgan fingerprint density at radius 3 is 2.55 bits per heavy atom. The minimum absolute atomic E-state index is 0.0177. The molecule has 5 heteroatoms. The van der Waals surface area contributed by atoms with Gasteiger partial charge in [0.1, 0.15) is 12.4 Å². The predicted octanol–water partition coefficient (Wildman–Crippen LogP) is 5.89. The van der Waals surface area contributed by atoms with Crippen molar-refractivity contribution < 1.29 is 9.53 Å². The average Bonchev–Trinajstić information content (AvgIpc) is 3.26. The van der Waals surface area contributed by atoms with Gasteiger partial charge in [-0.05, 0) is 42.5 Å². The maximum atomic E-state index is 12.9. The molecule has 0 saturated carbocycles. The van der Waals surface area contributed by atoms with E-state index < -0.39 is 0 Å². The molecule has 2 heterocycles. The molecule has 3 aromatic carbocycles. The molecular formula is C26H21ClN2O2. The van der Waals surface area contributed by atoms with E-state index in [-0.39, 0.29) is 5.91 Å². The van der Waals surface area contributed by atoms with Gasteiger partial charge in [-0.25, -0.2) is 0 Å². The third-order valence-electron chi connectivity index (χ3n) is 5.62. The summed E-state index contributed by atoms with van der Waals surface area (Å²) in [6.07, 6.45) is 4.10. The van der Waals surface area contributed by atoms with E-state index in [1.165, 1.54) is 0 Å². The van der Waals surface area contributed by atoms with Crippen molar-refractivity contribution in [2.75, 3.05) is 18.6 Å². The van der Waals surface area contributed by atoms with Crippen LogP contribution in [0.1, 0.15) is 11.1 Å². The maximum Gasteiger partial charge on any atom is 0.258 e. The van der Waals surface area contributed by atoms with Crippen LogP contribution in [-0.4, -0.2) is 24.1 Å². The molecule has 0 N–H and O–H groups in total. The van der Waals surface area contributed by atoms with Crippen LogP contribution in [0.25, 0.3) is 22.6 Å². The highest BCUT2D eigenvalue weighted by molar-refractivity contribution is 6.36. The van der Waals surface area contributed by atoms with Gasteiger partial charge in [-0.1, -0.05) is 48.0 Å². The highest BCUT2D eigenvalue weighted by Gasteiger charge is 2.29. The van der Waals surface area contributed by atoms with Gasteiger partial charge in [-0.15, -0.1) is 0 Å². The second-order valence-electron chi connectivity index (χ2n) is 7.54. The van der Waals surface area contributed by atoms with Crippen molar-refractivity contribution in [1.29, 1.82) is 0 Å². The average molecular weight is 429 g/mol. The van der Waals surface area contributed by atoms with Crippen LogP contribution < -0.4 is 9.64 Å². The van der Waals surface area contributed by atoms with Crippen LogP contribution in [0.5, 0.6) is 5.75 Å². The topological polar surface area (TPSA) is 34.5 Å². The lowest BCUT2D eigenvalue weighted by Gasteiger charge is -2.08. The first-order chi connectivity index (χ1) is 15.1. The number of carbonyl (C=O) groups excluding carboxylic acids is 1. The van der Waals surface area contributed by atoms with E-state index in [2.05, 4.69) is 22.9 Å². The molecule has 0 unspecified atom stereocenters. The minimum Gasteiger partial charge on any atom is -0.492 e. The van der Waals surface area contributed by atoms with E-state index in [1.54, 1.807) is 4.90 Å². The summed E-state index contributed by atoms with van der Waals surface area (Å²) in [6, 6.07) is 23.5. The normalized spacial score (nSPS) is 14.5. The summed E-state index contributed by atoms with van der Waals surface area (Å²) < 4.78 is 8.05. The monoisotopic (exact) mass is 428 g/mol. The van der Waals surface area contributed by atoms with Gasteiger partial charge in [0.25, 0.3) is 5.91 Å². The first-order valence-electron chi connectivity index (χ1n) is 10.2. The van der Waals surface area contributed by atoms with Crippen LogP contribution in [0, 0.1) is 0 Å². The van der Waals surface area contributed by atoms with Gasteiger partial charge in [0.2, 0.25) is 0 Å². The van der Waals surface area contributed by atoms with Gasteiger partial charge in [0.05, 0.1) is 12.2 Å². The molecule has 4 aromatic rings.